The van der Waals surface area contributed by atoms with Gasteiger partial charge in [0.2, 0.25) is 20.0 Å². The summed E-state index contributed by atoms with van der Waals surface area (Å²) in [6.07, 6.45) is 2.50. The van der Waals surface area contributed by atoms with E-state index in [2.05, 4.69) is 27.7 Å². The molecule has 4 bridgehead atoms. The molecule has 8 atom stereocenters. The molecule has 8 rings (SSSR count). The van der Waals surface area contributed by atoms with E-state index in [4.69, 9.17) is 9.47 Å². The lowest BCUT2D eigenvalue weighted by molar-refractivity contribution is -0.138. The van der Waals surface area contributed by atoms with Crippen LogP contribution >= 0.6 is 0 Å². The molecule has 296 valence electrons. The lowest BCUT2D eigenvalue weighted by atomic mass is 9.69. The average Bonchev–Trinajstić information content (AvgIpc) is 3.81. The van der Waals surface area contributed by atoms with Gasteiger partial charge in [-0.15, -0.1) is 0 Å². The predicted octanol–water partition coefficient (Wildman–Crippen LogP) is 3.93. The zero-order valence-electron chi connectivity index (χ0n) is 32.0. The molecule has 0 aromatic heterocycles. The minimum absolute atomic E-state index is 0.0196. The van der Waals surface area contributed by atoms with Crippen molar-refractivity contribution in [3.63, 3.8) is 0 Å². The van der Waals surface area contributed by atoms with Gasteiger partial charge in [-0.05, 0) is 96.6 Å². The van der Waals surface area contributed by atoms with Crippen molar-refractivity contribution in [2.45, 2.75) is 103 Å². The van der Waals surface area contributed by atoms with Crippen molar-refractivity contribution in [2.75, 3.05) is 25.7 Å². The van der Waals surface area contributed by atoms with Gasteiger partial charge in [0.15, 0.2) is 0 Å². The van der Waals surface area contributed by atoms with Crippen LogP contribution in [-0.4, -0.2) is 97.5 Å². The molecule has 2 aromatic rings. The fraction of sp³-hybridized carbons (Fsp3) is 0.650. The van der Waals surface area contributed by atoms with Crippen LogP contribution in [0.3, 0.4) is 0 Å². The first-order valence-corrected chi connectivity index (χ1v) is 22.2. The second-order valence-corrected chi connectivity index (χ2v) is 21.3. The highest BCUT2D eigenvalue weighted by molar-refractivity contribution is 7.90. The van der Waals surface area contributed by atoms with Gasteiger partial charge in [0.25, 0.3) is 11.8 Å². The maximum absolute atomic E-state index is 13.0. The topological polar surface area (TPSA) is 168 Å². The van der Waals surface area contributed by atoms with Crippen LogP contribution in [0.25, 0.3) is 0 Å². The van der Waals surface area contributed by atoms with Gasteiger partial charge >= 0.3 is 0 Å². The van der Waals surface area contributed by atoms with E-state index in [0.717, 1.165) is 45.4 Å². The highest BCUT2D eigenvalue weighted by Gasteiger charge is 2.73. The van der Waals surface area contributed by atoms with Crippen LogP contribution < -0.4 is 9.47 Å². The van der Waals surface area contributed by atoms with Crippen molar-refractivity contribution in [3.8, 4) is 11.5 Å². The number of nitrogens with zero attached hydrogens (tertiary/aromatic N) is 2. The number of carbonyl (C=O) groups excluding carboxylic acids is 2. The van der Waals surface area contributed by atoms with Crippen LogP contribution in [-0.2, 0) is 42.5 Å². The number of methoxy groups -OCH3 is 2. The van der Waals surface area contributed by atoms with Gasteiger partial charge in [0.05, 0.1) is 37.8 Å². The summed E-state index contributed by atoms with van der Waals surface area (Å²) in [6.45, 7) is 8.56. The number of ether oxygens (including phenoxy) is 2. The Hall–Kier alpha value is -3.20. The Labute approximate surface area is 319 Å². The molecule has 2 heterocycles. The third kappa shape index (κ3) is 5.79. The number of amides is 2. The molecule has 0 unspecified atom stereocenters. The van der Waals surface area contributed by atoms with E-state index < -0.39 is 44.1 Å². The summed E-state index contributed by atoms with van der Waals surface area (Å²) in [4.78, 5) is 26.0. The molecular weight excluding hydrogens is 733 g/mol. The summed E-state index contributed by atoms with van der Waals surface area (Å²) in [5.74, 6) is 0.792. The highest BCUT2D eigenvalue weighted by atomic mass is 32.2. The number of aliphatic hydroxyl groups excluding tert-OH is 2. The molecule has 2 aliphatic heterocycles. The maximum atomic E-state index is 13.0. The molecule has 4 aliphatic carbocycles. The molecule has 6 aliphatic rings. The molecule has 2 aromatic carbocycles. The van der Waals surface area contributed by atoms with E-state index in [1.54, 1.807) is 62.8 Å². The second kappa shape index (κ2) is 13.2. The van der Waals surface area contributed by atoms with Crippen molar-refractivity contribution in [1.82, 2.24) is 8.61 Å². The standard InChI is InChI=1S/2C20H27NO5S/c2*1-19(2)14-7-8-20(19)12-27(24,25)21(17(20)11-14)18(23)16(22)10-13-5-4-6-15(9-13)26-3/h2*4-6,9,14,16-17,22H,7-8,10-12H2,1-3H3/t2*14-,16-,17-,20-/m11/s1. The van der Waals surface area contributed by atoms with Crippen LogP contribution in [0.4, 0.5) is 0 Å². The van der Waals surface area contributed by atoms with Gasteiger partial charge in [-0.3, -0.25) is 9.59 Å². The fourth-order valence-electron chi connectivity index (χ4n) is 11.7. The number of sulfonamides is 2. The van der Waals surface area contributed by atoms with Crippen molar-refractivity contribution in [2.24, 2.45) is 33.5 Å². The number of aliphatic hydroxyl groups is 2. The molecule has 12 nitrogen and oxygen atoms in total. The van der Waals surface area contributed by atoms with Gasteiger partial charge in [-0.25, -0.2) is 25.4 Å². The summed E-state index contributed by atoms with van der Waals surface area (Å²) < 4.78 is 64.1. The molecule has 4 saturated carbocycles. The van der Waals surface area contributed by atoms with Crippen molar-refractivity contribution in [1.29, 1.82) is 0 Å². The van der Waals surface area contributed by atoms with Crippen molar-refractivity contribution < 1.29 is 46.1 Å². The molecule has 6 fully saturated rings. The zero-order chi connectivity index (χ0) is 39.2. The molecule has 0 radical (unpaired) electrons. The third-order valence-corrected chi connectivity index (χ3v) is 18.8. The Morgan fingerprint density at radius 1 is 0.704 bits per heavy atom. The van der Waals surface area contributed by atoms with E-state index in [9.17, 15) is 36.6 Å². The molecule has 2 N–H and O–H groups in total. The smallest absolute Gasteiger partial charge is 0.265 e. The van der Waals surface area contributed by atoms with Crippen LogP contribution in [0.5, 0.6) is 11.5 Å². The van der Waals surface area contributed by atoms with E-state index >= 15 is 0 Å². The second-order valence-electron chi connectivity index (χ2n) is 17.7. The van der Waals surface area contributed by atoms with Crippen LogP contribution in [0, 0.1) is 33.5 Å². The molecule has 2 spiro atoms. The maximum Gasteiger partial charge on any atom is 0.265 e. The fourth-order valence-corrected chi connectivity index (χ4v) is 16.8. The van der Waals surface area contributed by atoms with Gasteiger partial charge < -0.3 is 19.7 Å². The summed E-state index contributed by atoms with van der Waals surface area (Å²) in [6, 6.07) is 13.6. The number of carbonyl (C=O) groups is 2. The van der Waals surface area contributed by atoms with Crippen LogP contribution in [0.15, 0.2) is 48.5 Å². The molecule has 2 amide bonds. The van der Waals surface area contributed by atoms with Gasteiger partial charge in [0.1, 0.15) is 23.7 Å². The summed E-state index contributed by atoms with van der Waals surface area (Å²) >= 11 is 0. The quantitative estimate of drug-likeness (QED) is 0.400. The lowest BCUT2D eigenvalue weighted by Crippen LogP contribution is -2.48. The first-order chi connectivity index (χ1) is 25.2. The largest absolute Gasteiger partial charge is 0.497 e. The van der Waals surface area contributed by atoms with E-state index in [1.165, 1.54) is 0 Å². The minimum Gasteiger partial charge on any atom is -0.497 e. The first kappa shape index (κ1) is 39.1. The summed E-state index contributed by atoms with van der Waals surface area (Å²) in [7, 11) is -4.32. The Bertz CT molecular complexity index is 1910. The summed E-state index contributed by atoms with van der Waals surface area (Å²) in [5.41, 5.74) is 0.517. The number of hydrogen-bond acceptors (Lipinski definition) is 10. The molecule has 2 saturated heterocycles. The normalized spacial score (nSPS) is 33.7. The highest BCUT2D eigenvalue weighted by Crippen LogP contribution is 2.71. The minimum atomic E-state index is -3.71. The van der Waals surface area contributed by atoms with Crippen molar-refractivity contribution in [3.05, 3.63) is 59.7 Å². The predicted molar refractivity (Wildman–Crippen MR) is 201 cm³/mol. The summed E-state index contributed by atoms with van der Waals surface area (Å²) in [5, 5.41) is 21.1. The van der Waals surface area contributed by atoms with Gasteiger partial charge in [-0.2, -0.15) is 0 Å². The Balaban J connectivity index is 0.000000167. The Morgan fingerprint density at radius 3 is 1.41 bits per heavy atom. The molecule has 54 heavy (non-hydrogen) atoms. The van der Waals surface area contributed by atoms with E-state index in [1.807, 2.05) is 0 Å². The zero-order valence-corrected chi connectivity index (χ0v) is 33.7. The average molecular weight is 787 g/mol. The van der Waals surface area contributed by atoms with Gasteiger partial charge in [-0.1, -0.05) is 52.0 Å². The Morgan fingerprint density at radius 2 is 1.07 bits per heavy atom. The Kier molecular flexibility index (Phi) is 9.54. The van der Waals surface area contributed by atoms with Crippen LogP contribution in [0.2, 0.25) is 0 Å². The van der Waals surface area contributed by atoms with E-state index in [0.29, 0.717) is 36.2 Å². The van der Waals surface area contributed by atoms with Crippen molar-refractivity contribution >= 4 is 31.9 Å². The first-order valence-electron chi connectivity index (χ1n) is 19.0. The number of benzene rings is 2. The molecular formula is C40H54N2O10S2. The lowest BCUT2D eigenvalue weighted by Gasteiger charge is -2.37. The third-order valence-electron chi connectivity index (χ3n) is 15.0. The van der Waals surface area contributed by atoms with Gasteiger partial charge in [0, 0.05) is 23.7 Å². The van der Waals surface area contributed by atoms with Crippen LogP contribution in [0.1, 0.15) is 77.3 Å². The monoisotopic (exact) mass is 786 g/mol. The number of hydrogen-bond donors (Lipinski definition) is 2. The van der Waals surface area contributed by atoms with E-state index in [-0.39, 0.29) is 58.1 Å². The molecule has 14 heteroatoms. The number of fused-ring (bicyclic) bond motifs is 2. The SMILES string of the molecule is COc1cccc(C[C@@H](O)C(=O)N2[C@@H]3C[C@H]4CC[C@]3(CS2(=O)=O)C4(C)C)c1.COc1cccc(C[C@@H](O)C(=O)N2[C@@H]3C[C@H]4CC[C@]3(CS2(=O)=O)C4(C)C)c1. The number of rotatable bonds is 8.